The fourth-order valence-corrected chi connectivity index (χ4v) is 3.67. The van der Waals surface area contributed by atoms with E-state index in [4.69, 9.17) is 5.73 Å². The summed E-state index contributed by atoms with van der Waals surface area (Å²) in [6.45, 7) is 1.96. The number of hydrogen-bond donors (Lipinski definition) is 1. The molecule has 1 atom stereocenters. The van der Waals surface area contributed by atoms with Crippen molar-refractivity contribution in [1.29, 1.82) is 0 Å². The molecule has 0 radical (unpaired) electrons. The number of halogens is 4. The summed E-state index contributed by atoms with van der Waals surface area (Å²) >= 11 is 4.94. The zero-order chi connectivity index (χ0) is 14.2. The molecule has 2 aromatic rings. The van der Waals surface area contributed by atoms with E-state index in [1.165, 1.54) is 23.5 Å². The van der Waals surface area contributed by atoms with Gasteiger partial charge >= 0.3 is 6.18 Å². The highest BCUT2D eigenvalue weighted by molar-refractivity contribution is 9.10. The smallest absolute Gasteiger partial charge is 0.320 e. The summed E-state index contributed by atoms with van der Waals surface area (Å²) in [7, 11) is 0. The molecular formula is C13H11BrF3NS. The Kier molecular flexibility index (Phi) is 4.03. The number of alkyl halides is 3. The van der Waals surface area contributed by atoms with Crippen LogP contribution in [0.25, 0.3) is 0 Å². The minimum Gasteiger partial charge on any atom is -0.320 e. The maximum atomic E-state index is 12.5. The molecule has 6 heteroatoms. The summed E-state index contributed by atoms with van der Waals surface area (Å²) in [5, 5.41) is 0. The standard InChI is InChI=1S/C13H11BrF3NS/c1-7-6-10(14)12(19-7)11(18)8-2-4-9(5-3-8)13(15,16)17/h2-6,11H,18H2,1H3. The first-order chi connectivity index (χ1) is 8.79. The van der Waals surface area contributed by atoms with Gasteiger partial charge in [-0.25, -0.2) is 0 Å². The second kappa shape index (κ2) is 5.26. The maximum Gasteiger partial charge on any atom is 0.416 e. The Labute approximate surface area is 121 Å². The van der Waals surface area contributed by atoms with Gasteiger partial charge in [0.25, 0.3) is 0 Å². The highest BCUT2D eigenvalue weighted by Gasteiger charge is 2.30. The third-order valence-corrected chi connectivity index (χ3v) is 4.77. The summed E-state index contributed by atoms with van der Waals surface area (Å²) < 4.78 is 38.3. The average molecular weight is 350 g/mol. The summed E-state index contributed by atoms with van der Waals surface area (Å²) in [6, 6.07) is 6.50. The molecule has 102 valence electrons. The molecular weight excluding hydrogens is 339 g/mol. The second-order valence-electron chi connectivity index (χ2n) is 4.17. The Morgan fingerprint density at radius 1 is 1.21 bits per heavy atom. The lowest BCUT2D eigenvalue weighted by molar-refractivity contribution is -0.137. The van der Waals surface area contributed by atoms with Gasteiger partial charge in [-0.05, 0) is 46.6 Å². The lowest BCUT2D eigenvalue weighted by Gasteiger charge is -2.13. The first-order valence-electron chi connectivity index (χ1n) is 5.47. The fourth-order valence-electron chi connectivity index (χ4n) is 1.74. The minimum absolute atomic E-state index is 0.421. The summed E-state index contributed by atoms with van der Waals surface area (Å²) in [4.78, 5) is 2.02. The van der Waals surface area contributed by atoms with Crippen LogP contribution in [0.5, 0.6) is 0 Å². The highest BCUT2D eigenvalue weighted by atomic mass is 79.9. The maximum absolute atomic E-state index is 12.5. The van der Waals surface area contributed by atoms with Crippen LogP contribution >= 0.6 is 27.3 Å². The molecule has 0 bridgehead atoms. The molecule has 0 saturated carbocycles. The lowest BCUT2D eigenvalue weighted by atomic mass is 10.0. The zero-order valence-electron chi connectivity index (χ0n) is 9.96. The van der Waals surface area contributed by atoms with Gasteiger partial charge in [0.1, 0.15) is 0 Å². The van der Waals surface area contributed by atoms with E-state index >= 15 is 0 Å². The normalized spacial score (nSPS) is 13.6. The zero-order valence-corrected chi connectivity index (χ0v) is 12.4. The van der Waals surface area contributed by atoms with Crippen molar-refractivity contribution in [2.45, 2.75) is 19.1 Å². The summed E-state index contributed by atoms with van der Waals surface area (Å²) in [5.74, 6) is 0. The molecule has 1 nitrogen and oxygen atoms in total. The molecule has 1 aromatic heterocycles. The van der Waals surface area contributed by atoms with Gasteiger partial charge in [0, 0.05) is 14.2 Å². The third kappa shape index (κ3) is 3.19. The second-order valence-corrected chi connectivity index (χ2v) is 6.31. The van der Waals surface area contributed by atoms with Crippen molar-refractivity contribution in [2.24, 2.45) is 5.73 Å². The lowest BCUT2D eigenvalue weighted by Crippen LogP contribution is -2.12. The first kappa shape index (κ1) is 14.6. The van der Waals surface area contributed by atoms with Crippen LogP contribution in [0.15, 0.2) is 34.8 Å². The van der Waals surface area contributed by atoms with Crippen molar-refractivity contribution in [3.63, 3.8) is 0 Å². The SMILES string of the molecule is Cc1cc(Br)c(C(N)c2ccc(C(F)(F)F)cc2)s1. The number of rotatable bonds is 2. The van der Waals surface area contributed by atoms with Gasteiger partial charge in [0.2, 0.25) is 0 Å². The van der Waals surface area contributed by atoms with Gasteiger partial charge in [-0.3, -0.25) is 0 Å². The van der Waals surface area contributed by atoms with E-state index in [9.17, 15) is 13.2 Å². The van der Waals surface area contributed by atoms with Crippen LogP contribution in [0.3, 0.4) is 0 Å². The van der Waals surface area contributed by atoms with E-state index in [0.29, 0.717) is 5.56 Å². The van der Waals surface area contributed by atoms with Gasteiger partial charge in [-0.15, -0.1) is 11.3 Å². The van der Waals surface area contributed by atoms with Crippen LogP contribution in [0, 0.1) is 6.92 Å². The topological polar surface area (TPSA) is 26.0 Å². The van der Waals surface area contributed by atoms with E-state index in [1.54, 1.807) is 0 Å². The minimum atomic E-state index is -4.32. The van der Waals surface area contributed by atoms with E-state index in [1.807, 2.05) is 13.0 Å². The molecule has 1 unspecified atom stereocenters. The Morgan fingerprint density at radius 2 is 1.79 bits per heavy atom. The Morgan fingerprint density at radius 3 is 2.21 bits per heavy atom. The van der Waals surface area contributed by atoms with Crippen molar-refractivity contribution in [3.05, 3.63) is 55.7 Å². The molecule has 0 fully saturated rings. The summed E-state index contributed by atoms with van der Waals surface area (Å²) in [5.41, 5.74) is 6.09. The van der Waals surface area contributed by atoms with Gasteiger partial charge in [-0.1, -0.05) is 12.1 Å². The average Bonchev–Trinajstić information content (AvgIpc) is 2.66. The van der Waals surface area contributed by atoms with Crippen LogP contribution < -0.4 is 5.73 Å². The van der Waals surface area contributed by atoms with Crippen LogP contribution in [0.2, 0.25) is 0 Å². The van der Waals surface area contributed by atoms with Gasteiger partial charge in [0.05, 0.1) is 11.6 Å². The predicted molar refractivity (Wildman–Crippen MR) is 74.2 cm³/mol. The number of nitrogens with two attached hydrogens (primary N) is 1. The van der Waals surface area contributed by atoms with Gasteiger partial charge in [-0.2, -0.15) is 13.2 Å². The van der Waals surface area contributed by atoms with E-state index < -0.39 is 17.8 Å². The molecule has 2 rings (SSSR count). The summed E-state index contributed by atoms with van der Waals surface area (Å²) in [6.07, 6.45) is -4.32. The molecule has 0 spiro atoms. The quantitative estimate of drug-likeness (QED) is 0.820. The molecule has 0 aliphatic rings. The predicted octanol–water partition coefficient (Wildman–Crippen LogP) is 4.89. The molecule has 2 N–H and O–H groups in total. The van der Waals surface area contributed by atoms with Crippen molar-refractivity contribution < 1.29 is 13.2 Å². The first-order valence-corrected chi connectivity index (χ1v) is 7.08. The van der Waals surface area contributed by atoms with E-state index in [0.717, 1.165) is 26.4 Å². The number of benzene rings is 1. The molecule has 1 aromatic carbocycles. The van der Waals surface area contributed by atoms with Crippen molar-refractivity contribution >= 4 is 27.3 Å². The van der Waals surface area contributed by atoms with E-state index in [2.05, 4.69) is 15.9 Å². The number of hydrogen-bond acceptors (Lipinski definition) is 2. The highest BCUT2D eigenvalue weighted by Crippen LogP contribution is 2.35. The molecule has 1 heterocycles. The van der Waals surface area contributed by atoms with Crippen molar-refractivity contribution in [2.75, 3.05) is 0 Å². The van der Waals surface area contributed by atoms with Gasteiger partial charge < -0.3 is 5.73 Å². The van der Waals surface area contributed by atoms with Crippen LogP contribution in [-0.4, -0.2) is 0 Å². The Balaban J connectivity index is 2.30. The number of aryl methyl sites for hydroxylation is 1. The van der Waals surface area contributed by atoms with Crippen LogP contribution in [0.4, 0.5) is 13.2 Å². The third-order valence-electron chi connectivity index (χ3n) is 2.72. The molecule has 0 aliphatic heterocycles. The van der Waals surface area contributed by atoms with Crippen molar-refractivity contribution in [1.82, 2.24) is 0 Å². The van der Waals surface area contributed by atoms with E-state index in [-0.39, 0.29) is 0 Å². The van der Waals surface area contributed by atoms with Crippen LogP contribution in [0.1, 0.15) is 26.9 Å². The van der Waals surface area contributed by atoms with Gasteiger partial charge in [0.15, 0.2) is 0 Å². The Bertz CT molecular complexity index is 575. The number of thiophene rings is 1. The largest absolute Gasteiger partial charge is 0.416 e. The molecule has 0 saturated heterocycles. The van der Waals surface area contributed by atoms with Crippen molar-refractivity contribution in [3.8, 4) is 0 Å². The molecule has 0 aliphatic carbocycles. The van der Waals surface area contributed by atoms with Crippen LogP contribution in [-0.2, 0) is 6.18 Å². The molecule has 19 heavy (non-hydrogen) atoms. The molecule has 0 amide bonds. The fraction of sp³-hybridized carbons (Fsp3) is 0.231. The Hall–Kier alpha value is -0.850. The monoisotopic (exact) mass is 349 g/mol.